The minimum atomic E-state index is -0.412. The molecule has 0 aromatic heterocycles. The Morgan fingerprint density at radius 3 is 2.61 bits per heavy atom. The molecule has 2 aromatic rings. The first-order valence-electron chi connectivity index (χ1n) is 7.45. The van der Waals surface area contributed by atoms with Crippen LogP contribution < -0.4 is 5.32 Å². The number of anilines is 1. The first kappa shape index (κ1) is 15.0. The lowest BCUT2D eigenvalue weighted by Gasteiger charge is -2.23. The molecule has 4 nitrogen and oxygen atoms in total. The Kier molecular flexibility index (Phi) is 4.24. The van der Waals surface area contributed by atoms with Crippen LogP contribution in [0.15, 0.2) is 54.1 Å². The second-order valence-corrected chi connectivity index (χ2v) is 5.34. The van der Waals surface area contributed by atoms with E-state index >= 15 is 0 Å². The summed E-state index contributed by atoms with van der Waals surface area (Å²) in [4.78, 5) is 23.4. The molecule has 3 rings (SSSR count). The van der Waals surface area contributed by atoms with Crippen LogP contribution in [0.5, 0.6) is 0 Å². The molecule has 2 aromatic carbocycles. The van der Waals surface area contributed by atoms with E-state index in [1.807, 2.05) is 24.3 Å². The smallest absolute Gasteiger partial charge is 0.339 e. The van der Waals surface area contributed by atoms with Gasteiger partial charge < -0.3 is 10.1 Å². The molecule has 1 aliphatic rings. The Morgan fingerprint density at radius 2 is 1.83 bits per heavy atom. The average Bonchev–Trinajstić information content (AvgIpc) is 2.62. The largest absolute Gasteiger partial charge is 0.465 e. The Balaban J connectivity index is 2.06. The lowest BCUT2D eigenvalue weighted by molar-refractivity contribution is -0.105. The summed E-state index contributed by atoms with van der Waals surface area (Å²) in [5.74, 6) is -0.412. The molecule has 1 N–H and O–H groups in total. The van der Waals surface area contributed by atoms with Crippen molar-refractivity contribution in [1.29, 1.82) is 0 Å². The number of hydrogen-bond donors (Lipinski definition) is 1. The SMILES string of the molecule is COC(=O)c1ccccc1NC1=C(C=O)CCc2ccccc21. The van der Waals surface area contributed by atoms with E-state index in [1.165, 1.54) is 12.7 Å². The third kappa shape index (κ3) is 2.88. The standard InChI is InChI=1S/C19H17NO3/c1-23-19(22)16-8-4-5-9-17(16)20-18-14(12-21)11-10-13-6-2-3-7-15(13)18/h2-9,12,20H,10-11H2,1H3. The second-order valence-electron chi connectivity index (χ2n) is 5.34. The molecule has 0 saturated heterocycles. The van der Waals surface area contributed by atoms with Gasteiger partial charge >= 0.3 is 5.97 Å². The fourth-order valence-corrected chi connectivity index (χ4v) is 2.83. The predicted molar refractivity (Wildman–Crippen MR) is 89.2 cm³/mol. The number of nitrogens with one attached hydrogen (secondary N) is 1. The fraction of sp³-hybridized carbons (Fsp3) is 0.158. The van der Waals surface area contributed by atoms with Crippen molar-refractivity contribution in [1.82, 2.24) is 0 Å². The maximum Gasteiger partial charge on any atom is 0.339 e. The molecule has 0 aliphatic heterocycles. The van der Waals surface area contributed by atoms with E-state index in [-0.39, 0.29) is 0 Å². The maximum absolute atomic E-state index is 11.9. The van der Waals surface area contributed by atoms with Crippen LogP contribution in [0.1, 0.15) is 27.9 Å². The van der Waals surface area contributed by atoms with E-state index in [9.17, 15) is 9.59 Å². The average molecular weight is 307 g/mol. The normalized spacial score (nSPS) is 13.3. The van der Waals surface area contributed by atoms with Crippen LogP contribution >= 0.6 is 0 Å². The number of esters is 1. The van der Waals surface area contributed by atoms with Crippen molar-refractivity contribution in [2.75, 3.05) is 12.4 Å². The van der Waals surface area contributed by atoms with Crippen LogP contribution in [0.3, 0.4) is 0 Å². The number of benzene rings is 2. The number of fused-ring (bicyclic) bond motifs is 1. The number of ether oxygens (including phenoxy) is 1. The summed E-state index contributed by atoms with van der Waals surface area (Å²) in [5, 5.41) is 3.27. The number of rotatable bonds is 4. The van der Waals surface area contributed by atoms with Crippen molar-refractivity contribution >= 4 is 23.6 Å². The summed E-state index contributed by atoms with van der Waals surface area (Å²) in [6.45, 7) is 0. The third-order valence-corrected chi connectivity index (χ3v) is 4.01. The third-order valence-electron chi connectivity index (χ3n) is 4.01. The van der Waals surface area contributed by atoms with Gasteiger partial charge in [-0.25, -0.2) is 4.79 Å². The Morgan fingerprint density at radius 1 is 1.09 bits per heavy atom. The Labute approximate surface area is 134 Å². The van der Waals surface area contributed by atoms with E-state index in [0.717, 1.165) is 24.0 Å². The summed E-state index contributed by atoms with van der Waals surface area (Å²) < 4.78 is 4.82. The molecule has 0 unspecified atom stereocenters. The van der Waals surface area contributed by atoms with Gasteiger partial charge in [0.15, 0.2) is 0 Å². The van der Waals surface area contributed by atoms with Gasteiger partial charge in [-0.15, -0.1) is 0 Å². The van der Waals surface area contributed by atoms with Crippen molar-refractivity contribution in [3.8, 4) is 0 Å². The maximum atomic E-state index is 11.9. The number of aldehydes is 1. The minimum Gasteiger partial charge on any atom is -0.465 e. The number of carbonyl (C=O) groups is 2. The highest BCUT2D eigenvalue weighted by atomic mass is 16.5. The van der Waals surface area contributed by atoms with E-state index < -0.39 is 5.97 Å². The topological polar surface area (TPSA) is 55.4 Å². The van der Waals surface area contributed by atoms with Crippen molar-refractivity contribution in [2.24, 2.45) is 0 Å². The summed E-state index contributed by atoms with van der Waals surface area (Å²) in [5.41, 5.74) is 4.74. The van der Waals surface area contributed by atoms with Gasteiger partial charge in [0.2, 0.25) is 0 Å². The molecule has 0 amide bonds. The van der Waals surface area contributed by atoms with E-state index in [2.05, 4.69) is 11.4 Å². The van der Waals surface area contributed by atoms with Crippen LogP contribution in [-0.4, -0.2) is 19.4 Å². The molecule has 0 spiro atoms. The van der Waals surface area contributed by atoms with Crippen LogP contribution in [0, 0.1) is 0 Å². The fourth-order valence-electron chi connectivity index (χ4n) is 2.83. The van der Waals surface area contributed by atoms with Crippen molar-refractivity contribution in [2.45, 2.75) is 12.8 Å². The van der Waals surface area contributed by atoms with Crippen LogP contribution in [0.4, 0.5) is 5.69 Å². The zero-order valence-electron chi connectivity index (χ0n) is 12.8. The molecule has 4 heteroatoms. The van der Waals surface area contributed by atoms with E-state index in [0.29, 0.717) is 23.2 Å². The molecule has 1 aliphatic carbocycles. The van der Waals surface area contributed by atoms with Gasteiger partial charge in [0, 0.05) is 11.1 Å². The number of hydrogen-bond acceptors (Lipinski definition) is 4. The number of carbonyl (C=O) groups excluding carboxylic acids is 2. The number of aryl methyl sites for hydroxylation is 1. The van der Waals surface area contributed by atoms with E-state index in [1.54, 1.807) is 18.2 Å². The zero-order valence-corrected chi connectivity index (χ0v) is 12.8. The highest BCUT2D eigenvalue weighted by molar-refractivity contribution is 6.00. The second kappa shape index (κ2) is 6.48. The van der Waals surface area contributed by atoms with Gasteiger partial charge in [0.1, 0.15) is 6.29 Å². The van der Waals surface area contributed by atoms with Crippen molar-refractivity contribution in [3.63, 3.8) is 0 Å². The molecule has 0 atom stereocenters. The zero-order chi connectivity index (χ0) is 16.2. The molecule has 116 valence electrons. The molecule has 0 bridgehead atoms. The van der Waals surface area contributed by atoms with E-state index in [4.69, 9.17) is 4.74 Å². The number of allylic oxidation sites excluding steroid dienone is 1. The molecular formula is C19H17NO3. The van der Waals surface area contributed by atoms with Gasteiger partial charge in [0.25, 0.3) is 0 Å². The van der Waals surface area contributed by atoms with Gasteiger partial charge in [-0.3, -0.25) is 4.79 Å². The van der Waals surface area contributed by atoms with Gasteiger partial charge in [-0.05, 0) is 30.5 Å². The van der Waals surface area contributed by atoms with Gasteiger partial charge in [-0.1, -0.05) is 36.4 Å². The summed E-state index contributed by atoms with van der Waals surface area (Å²) in [7, 11) is 1.35. The highest BCUT2D eigenvalue weighted by Crippen LogP contribution is 2.32. The Hall–Kier alpha value is -2.88. The van der Waals surface area contributed by atoms with Crippen LogP contribution in [0.25, 0.3) is 5.70 Å². The first-order valence-corrected chi connectivity index (χ1v) is 7.45. The molecular weight excluding hydrogens is 290 g/mol. The molecule has 0 radical (unpaired) electrons. The summed E-state index contributed by atoms with van der Waals surface area (Å²) >= 11 is 0. The van der Waals surface area contributed by atoms with Gasteiger partial charge in [0.05, 0.1) is 24.1 Å². The van der Waals surface area contributed by atoms with Gasteiger partial charge in [-0.2, -0.15) is 0 Å². The molecule has 0 heterocycles. The highest BCUT2D eigenvalue weighted by Gasteiger charge is 2.20. The summed E-state index contributed by atoms with van der Waals surface area (Å²) in [6, 6.07) is 15.1. The molecule has 0 fully saturated rings. The molecule has 0 saturated carbocycles. The predicted octanol–water partition coefficient (Wildman–Crippen LogP) is 3.44. The lowest BCUT2D eigenvalue weighted by Crippen LogP contribution is -2.14. The molecule has 23 heavy (non-hydrogen) atoms. The van der Waals surface area contributed by atoms with Crippen molar-refractivity contribution < 1.29 is 14.3 Å². The minimum absolute atomic E-state index is 0.412. The lowest BCUT2D eigenvalue weighted by atomic mass is 9.89. The van der Waals surface area contributed by atoms with Crippen LogP contribution in [0.2, 0.25) is 0 Å². The Bertz CT molecular complexity index is 793. The summed E-state index contributed by atoms with van der Waals surface area (Å²) in [6.07, 6.45) is 2.41. The monoisotopic (exact) mass is 307 g/mol. The number of para-hydroxylation sites is 1. The van der Waals surface area contributed by atoms with Crippen molar-refractivity contribution in [3.05, 3.63) is 70.8 Å². The number of methoxy groups -OCH3 is 1. The van der Waals surface area contributed by atoms with Crippen LogP contribution in [-0.2, 0) is 16.0 Å². The quantitative estimate of drug-likeness (QED) is 0.694. The first-order chi connectivity index (χ1) is 11.2.